The number of aliphatic carboxylic acids is 1. The fraction of sp³-hybridized carbons (Fsp3) is 0.111. The minimum Gasteiger partial charge on any atom is -0.487 e. The lowest BCUT2D eigenvalue weighted by atomic mass is 10.1. The maximum Gasteiger partial charge on any atom is 0.344 e. The monoisotopic (exact) mass is 425 g/mol. The maximum absolute atomic E-state index is 11.1. The number of rotatable bonds is 8. The van der Waals surface area contributed by atoms with Gasteiger partial charge in [-0.3, -0.25) is 0 Å². The summed E-state index contributed by atoms with van der Waals surface area (Å²) in [6.45, 7) is 1.90. The Balaban J connectivity index is 1.39. The van der Waals surface area contributed by atoms with E-state index in [1.165, 1.54) is 6.92 Å². The lowest BCUT2D eigenvalue weighted by Gasteiger charge is -2.12. The summed E-state index contributed by atoms with van der Waals surface area (Å²) in [4.78, 5) is 15.7. The summed E-state index contributed by atoms with van der Waals surface area (Å²) in [5, 5.41) is 10.2. The number of hydrogen-bond donors (Lipinski definition) is 1. The summed E-state index contributed by atoms with van der Waals surface area (Å²) in [7, 11) is 0. The van der Waals surface area contributed by atoms with Crippen molar-refractivity contribution < 1.29 is 19.4 Å². The Morgan fingerprint density at radius 1 is 0.938 bits per heavy atom. The molecule has 0 bridgehead atoms. The van der Waals surface area contributed by atoms with E-state index in [1.54, 1.807) is 6.07 Å². The maximum atomic E-state index is 11.1. The highest BCUT2D eigenvalue weighted by Crippen LogP contribution is 2.23. The molecule has 0 amide bonds. The molecule has 0 spiro atoms. The summed E-state index contributed by atoms with van der Waals surface area (Å²) in [5.41, 5.74) is 3.63. The van der Waals surface area contributed by atoms with Crippen LogP contribution in [0.25, 0.3) is 23.1 Å². The Hall–Kier alpha value is -4.12. The smallest absolute Gasteiger partial charge is 0.344 e. The number of nitrogens with zero attached hydrogens (tertiary/aromatic N) is 1. The number of fused-ring (bicyclic) bond motifs is 1. The van der Waals surface area contributed by atoms with Crippen LogP contribution in [-0.2, 0) is 11.4 Å². The predicted molar refractivity (Wildman–Crippen MR) is 126 cm³/mol. The SMILES string of the molecule is CC(Oc1ccccc1C=Cc1ccc(OCc2ccc3ccccc3n2)cc1)C(=O)O. The number of carbonyl (C=O) groups is 1. The molecule has 1 aromatic heterocycles. The quantitative estimate of drug-likeness (QED) is 0.359. The van der Waals surface area contributed by atoms with Crippen molar-refractivity contribution in [3.63, 3.8) is 0 Å². The van der Waals surface area contributed by atoms with Crippen molar-refractivity contribution in [2.45, 2.75) is 19.6 Å². The molecule has 1 atom stereocenters. The molecule has 0 saturated heterocycles. The number of aromatic nitrogens is 1. The zero-order valence-electron chi connectivity index (χ0n) is 17.6. The number of para-hydroxylation sites is 2. The summed E-state index contributed by atoms with van der Waals surface area (Å²) in [6, 6.07) is 27.1. The average Bonchev–Trinajstić information content (AvgIpc) is 2.82. The van der Waals surface area contributed by atoms with E-state index in [4.69, 9.17) is 14.6 Å². The Labute approximate surface area is 186 Å². The molecule has 0 fully saturated rings. The molecule has 4 rings (SSSR count). The molecule has 0 aliphatic carbocycles. The molecule has 1 N–H and O–H groups in total. The predicted octanol–water partition coefficient (Wildman–Crippen LogP) is 5.84. The highest BCUT2D eigenvalue weighted by atomic mass is 16.5. The van der Waals surface area contributed by atoms with Gasteiger partial charge in [-0.15, -0.1) is 0 Å². The molecule has 32 heavy (non-hydrogen) atoms. The van der Waals surface area contributed by atoms with Crippen LogP contribution in [0.3, 0.4) is 0 Å². The van der Waals surface area contributed by atoms with Crippen LogP contribution >= 0.6 is 0 Å². The van der Waals surface area contributed by atoms with Gasteiger partial charge in [0.2, 0.25) is 0 Å². The van der Waals surface area contributed by atoms with Gasteiger partial charge >= 0.3 is 5.97 Å². The van der Waals surface area contributed by atoms with Crippen LogP contribution in [0.15, 0.2) is 84.9 Å². The van der Waals surface area contributed by atoms with Crippen LogP contribution in [0, 0.1) is 0 Å². The summed E-state index contributed by atoms with van der Waals surface area (Å²) in [6.07, 6.45) is 2.93. The number of carboxylic acid groups (broad SMARTS) is 1. The number of ether oxygens (including phenoxy) is 2. The first-order valence-electron chi connectivity index (χ1n) is 10.3. The van der Waals surface area contributed by atoms with Crippen molar-refractivity contribution in [2.75, 3.05) is 0 Å². The number of benzene rings is 3. The van der Waals surface area contributed by atoms with E-state index < -0.39 is 12.1 Å². The van der Waals surface area contributed by atoms with Crippen molar-refractivity contribution in [1.82, 2.24) is 4.98 Å². The van der Waals surface area contributed by atoms with Gasteiger partial charge in [-0.05, 0) is 42.8 Å². The largest absolute Gasteiger partial charge is 0.487 e. The van der Waals surface area contributed by atoms with Crippen molar-refractivity contribution in [2.24, 2.45) is 0 Å². The van der Waals surface area contributed by atoms with E-state index >= 15 is 0 Å². The molecule has 0 aliphatic rings. The number of pyridine rings is 1. The molecule has 0 radical (unpaired) electrons. The van der Waals surface area contributed by atoms with Gasteiger partial charge in [0, 0.05) is 10.9 Å². The third-order valence-electron chi connectivity index (χ3n) is 4.95. The number of carboxylic acids is 1. The standard InChI is InChI=1S/C27H23NO4/c1-19(27(29)30)32-26-9-5-3-7-22(26)13-10-20-11-16-24(17-12-20)31-18-23-15-14-21-6-2-4-8-25(21)28-23/h2-17,19H,18H2,1H3,(H,29,30). The molecule has 160 valence electrons. The van der Waals surface area contributed by atoms with Gasteiger partial charge < -0.3 is 14.6 Å². The van der Waals surface area contributed by atoms with Gasteiger partial charge in [0.1, 0.15) is 18.1 Å². The first kappa shape index (κ1) is 21.1. The second kappa shape index (κ2) is 9.79. The molecule has 5 nitrogen and oxygen atoms in total. The summed E-state index contributed by atoms with van der Waals surface area (Å²) in [5.74, 6) is 0.288. The minimum absolute atomic E-state index is 0.395. The van der Waals surface area contributed by atoms with Crippen molar-refractivity contribution in [3.8, 4) is 11.5 Å². The Bertz CT molecular complexity index is 1250. The van der Waals surface area contributed by atoms with Crippen LogP contribution in [-0.4, -0.2) is 22.2 Å². The second-order valence-corrected chi connectivity index (χ2v) is 7.32. The molecule has 1 unspecified atom stereocenters. The molecule has 1 heterocycles. The van der Waals surface area contributed by atoms with Crippen molar-refractivity contribution >= 4 is 29.0 Å². The number of hydrogen-bond acceptors (Lipinski definition) is 4. The van der Waals surface area contributed by atoms with Crippen LogP contribution < -0.4 is 9.47 Å². The van der Waals surface area contributed by atoms with E-state index in [0.29, 0.717) is 12.4 Å². The fourth-order valence-corrected chi connectivity index (χ4v) is 3.17. The normalized spacial score (nSPS) is 12.0. The van der Waals surface area contributed by atoms with E-state index in [1.807, 2.05) is 91.0 Å². The summed E-state index contributed by atoms with van der Waals surface area (Å²) >= 11 is 0. The molecule has 0 aliphatic heterocycles. The molecular weight excluding hydrogens is 402 g/mol. The van der Waals surface area contributed by atoms with E-state index in [0.717, 1.165) is 33.5 Å². The van der Waals surface area contributed by atoms with Gasteiger partial charge in [0.15, 0.2) is 6.10 Å². The van der Waals surface area contributed by atoms with Gasteiger partial charge in [-0.1, -0.05) is 66.7 Å². The minimum atomic E-state index is -1.00. The van der Waals surface area contributed by atoms with E-state index in [9.17, 15) is 4.79 Å². The Morgan fingerprint density at radius 3 is 2.50 bits per heavy atom. The third kappa shape index (κ3) is 5.32. The first-order chi connectivity index (χ1) is 15.6. The highest BCUT2D eigenvalue weighted by molar-refractivity contribution is 5.78. The molecular formula is C27H23NO4. The Kier molecular flexibility index (Phi) is 6.46. The lowest BCUT2D eigenvalue weighted by molar-refractivity contribution is -0.144. The second-order valence-electron chi connectivity index (χ2n) is 7.32. The topological polar surface area (TPSA) is 68.7 Å². The van der Waals surface area contributed by atoms with Crippen LogP contribution in [0.2, 0.25) is 0 Å². The van der Waals surface area contributed by atoms with Gasteiger partial charge in [-0.25, -0.2) is 9.78 Å². The highest BCUT2D eigenvalue weighted by Gasteiger charge is 2.13. The van der Waals surface area contributed by atoms with Crippen LogP contribution in [0.5, 0.6) is 11.5 Å². The Morgan fingerprint density at radius 2 is 1.69 bits per heavy atom. The van der Waals surface area contributed by atoms with Crippen LogP contribution in [0.4, 0.5) is 0 Å². The molecule has 4 aromatic rings. The van der Waals surface area contributed by atoms with Gasteiger partial charge in [-0.2, -0.15) is 0 Å². The van der Waals surface area contributed by atoms with Gasteiger partial charge in [0.05, 0.1) is 11.2 Å². The zero-order valence-corrected chi connectivity index (χ0v) is 17.6. The van der Waals surface area contributed by atoms with Crippen molar-refractivity contribution in [1.29, 1.82) is 0 Å². The molecule has 3 aromatic carbocycles. The van der Waals surface area contributed by atoms with E-state index in [-0.39, 0.29) is 0 Å². The van der Waals surface area contributed by atoms with Crippen molar-refractivity contribution in [3.05, 3.63) is 102 Å². The first-order valence-corrected chi connectivity index (χ1v) is 10.3. The average molecular weight is 425 g/mol. The fourth-order valence-electron chi connectivity index (χ4n) is 3.17. The third-order valence-corrected chi connectivity index (χ3v) is 4.95. The lowest BCUT2D eigenvalue weighted by Crippen LogP contribution is -2.23. The summed E-state index contributed by atoms with van der Waals surface area (Å²) < 4.78 is 11.4. The molecule has 5 heteroatoms. The molecule has 0 saturated carbocycles. The van der Waals surface area contributed by atoms with Gasteiger partial charge in [0.25, 0.3) is 0 Å². The van der Waals surface area contributed by atoms with E-state index in [2.05, 4.69) is 4.98 Å². The zero-order chi connectivity index (χ0) is 22.3. The van der Waals surface area contributed by atoms with Crippen LogP contribution in [0.1, 0.15) is 23.7 Å².